The topological polar surface area (TPSA) is 100 Å². The molecule has 1 aromatic heterocycles. The van der Waals surface area contributed by atoms with Crippen LogP contribution >= 0.6 is 23.2 Å². The minimum Gasteiger partial charge on any atom is -0.493 e. The van der Waals surface area contributed by atoms with E-state index in [0.29, 0.717) is 56.4 Å². The van der Waals surface area contributed by atoms with Crippen molar-refractivity contribution >= 4 is 40.8 Å². The van der Waals surface area contributed by atoms with Gasteiger partial charge in [0.25, 0.3) is 0 Å². The van der Waals surface area contributed by atoms with E-state index in [1.807, 2.05) is 0 Å². The lowest BCUT2D eigenvalue weighted by Gasteiger charge is -2.44. The lowest BCUT2D eigenvalue weighted by molar-refractivity contribution is -0.377. The lowest BCUT2D eigenvalue weighted by Crippen LogP contribution is -2.52. The van der Waals surface area contributed by atoms with Gasteiger partial charge in [-0.1, -0.05) is 47.5 Å². The van der Waals surface area contributed by atoms with Gasteiger partial charge in [0.15, 0.2) is 29.9 Å². The van der Waals surface area contributed by atoms with Crippen LogP contribution in [0.2, 0.25) is 10.0 Å². The first kappa shape index (κ1) is 34.5. The Bertz CT molecular complexity index is 1780. The Labute approximate surface area is 294 Å². The zero-order valence-corrected chi connectivity index (χ0v) is 28.6. The summed E-state index contributed by atoms with van der Waals surface area (Å²) in [5, 5.41) is 4.00. The number of piperidine rings is 3. The van der Waals surface area contributed by atoms with E-state index < -0.39 is 29.9 Å². The number of nitrogens with zero attached hydrogens (tertiary/aromatic N) is 1. The van der Waals surface area contributed by atoms with Crippen molar-refractivity contribution in [2.45, 2.75) is 37.5 Å². The Hall–Kier alpha value is -4.38. The van der Waals surface area contributed by atoms with Gasteiger partial charge in [-0.05, 0) is 85.4 Å². The van der Waals surface area contributed by atoms with Gasteiger partial charge < -0.3 is 24.3 Å². The molecular weight excluding hydrogens is 672 g/mol. The highest BCUT2D eigenvalue weighted by molar-refractivity contribution is 6.35. The number of anilines is 1. The third kappa shape index (κ3) is 8.09. The fourth-order valence-corrected chi connectivity index (χ4v) is 6.96. The van der Waals surface area contributed by atoms with Gasteiger partial charge in [0.05, 0.1) is 19.8 Å². The minimum absolute atomic E-state index is 0.170. The van der Waals surface area contributed by atoms with E-state index in [4.69, 9.17) is 42.1 Å². The second-order valence-electron chi connectivity index (χ2n) is 12.2. The number of halogens is 3. The lowest BCUT2D eigenvalue weighted by atomic mass is 9.86. The number of methoxy groups -OCH3 is 2. The number of pyridine rings is 1. The SMILES string of the molecule is COc1ccc(C(Cc2c(Cl)c[nH+]cc2Cl)OC(=O)c2cccc(NC(C(=O)O[C@H]3CN4CCC3CC4)c3ccc(F)cc3)c2)cc1OC. The third-order valence-corrected chi connectivity index (χ3v) is 9.80. The van der Waals surface area contributed by atoms with E-state index in [2.05, 4.69) is 15.2 Å². The van der Waals surface area contributed by atoms with Crippen LogP contribution in [0.5, 0.6) is 11.5 Å². The van der Waals surface area contributed by atoms with E-state index in [1.165, 1.54) is 26.4 Å². The Morgan fingerprint density at radius 1 is 0.939 bits per heavy atom. The van der Waals surface area contributed by atoms with Gasteiger partial charge in [-0.2, -0.15) is 0 Å². The van der Waals surface area contributed by atoms with E-state index >= 15 is 0 Å². The molecule has 3 atom stereocenters. The van der Waals surface area contributed by atoms with Crippen molar-refractivity contribution in [2.24, 2.45) is 5.92 Å². The van der Waals surface area contributed by atoms with Crippen LogP contribution in [0, 0.1) is 11.7 Å². The molecule has 0 aliphatic carbocycles. The average Bonchev–Trinajstić information content (AvgIpc) is 3.12. The number of hydrogen-bond donors (Lipinski definition) is 1. The van der Waals surface area contributed by atoms with Crippen molar-refractivity contribution in [1.82, 2.24) is 4.90 Å². The smallest absolute Gasteiger partial charge is 0.338 e. The number of esters is 2. The fraction of sp³-hybridized carbons (Fsp3) is 0.324. The zero-order valence-electron chi connectivity index (χ0n) is 27.1. The second kappa shape index (κ2) is 15.4. The molecule has 3 fully saturated rings. The summed E-state index contributed by atoms with van der Waals surface area (Å²) in [5.74, 6) is -0.213. The Morgan fingerprint density at radius 2 is 1.63 bits per heavy atom. The van der Waals surface area contributed by atoms with Gasteiger partial charge in [0.1, 0.15) is 28.1 Å². The van der Waals surface area contributed by atoms with E-state index in [0.717, 1.165) is 25.9 Å². The van der Waals surface area contributed by atoms with Gasteiger partial charge in [-0.15, -0.1) is 0 Å². The number of carbonyl (C=O) groups excluding carboxylic acids is 2. The predicted octanol–water partition coefficient (Wildman–Crippen LogP) is 6.90. The minimum atomic E-state index is -0.944. The third-order valence-electron chi connectivity index (χ3n) is 9.13. The van der Waals surface area contributed by atoms with Gasteiger partial charge in [-0.25, -0.2) is 19.0 Å². The van der Waals surface area contributed by atoms with Crippen LogP contribution in [0.25, 0.3) is 0 Å². The summed E-state index contributed by atoms with van der Waals surface area (Å²) in [6, 6.07) is 16.6. The van der Waals surface area contributed by atoms with Gasteiger partial charge >= 0.3 is 11.9 Å². The van der Waals surface area contributed by atoms with Crippen LogP contribution in [0.1, 0.15) is 52.0 Å². The highest BCUT2D eigenvalue weighted by atomic mass is 35.5. The van der Waals surface area contributed by atoms with Gasteiger partial charge in [-0.3, -0.25) is 4.90 Å². The number of nitrogens with one attached hydrogen (secondary N) is 2. The van der Waals surface area contributed by atoms with Gasteiger partial charge in [0.2, 0.25) is 0 Å². The largest absolute Gasteiger partial charge is 0.493 e. The Balaban J connectivity index is 1.25. The van der Waals surface area contributed by atoms with Crippen molar-refractivity contribution in [2.75, 3.05) is 39.2 Å². The zero-order chi connectivity index (χ0) is 34.5. The number of H-pyrrole nitrogens is 1. The summed E-state index contributed by atoms with van der Waals surface area (Å²) < 4.78 is 36.9. The maximum atomic E-state index is 13.9. The quantitative estimate of drug-likeness (QED) is 0.159. The molecule has 0 spiro atoms. The first-order valence-electron chi connectivity index (χ1n) is 16.0. The number of aromatic amines is 1. The summed E-state index contributed by atoms with van der Waals surface area (Å²) in [5.41, 5.74) is 2.46. The fourth-order valence-electron chi connectivity index (χ4n) is 6.43. The maximum absolute atomic E-state index is 13.9. The number of benzene rings is 3. The molecule has 3 saturated heterocycles. The Kier molecular flexibility index (Phi) is 10.9. The van der Waals surface area contributed by atoms with Crippen LogP contribution in [0.15, 0.2) is 79.1 Å². The molecule has 3 aliphatic rings. The molecule has 0 amide bonds. The number of rotatable bonds is 12. The van der Waals surface area contributed by atoms with E-state index in [9.17, 15) is 14.0 Å². The predicted molar refractivity (Wildman–Crippen MR) is 183 cm³/mol. The highest BCUT2D eigenvalue weighted by Crippen LogP contribution is 2.36. The summed E-state index contributed by atoms with van der Waals surface area (Å²) in [6.45, 7) is 2.73. The van der Waals surface area contributed by atoms with Crippen LogP contribution in [0.3, 0.4) is 0 Å². The molecule has 2 unspecified atom stereocenters. The normalized spacial score (nSPS) is 19.4. The maximum Gasteiger partial charge on any atom is 0.338 e. The standard InChI is InChI=1S/C37H36Cl2FN3O6/c1-46-31-11-8-24(17-33(31)47-2)32(18-28-29(38)19-41-20-30(28)39)48-36(44)25-4-3-5-27(16-25)42-35(23-6-9-26(40)10-7-23)37(45)49-34-21-43-14-12-22(34)13-15-43/h3-11,16-17,19-20,22,32,34-35,42H,12-15,18,21H2,1-2H3/p+1/t32?,34-,35?/m0/s1. The molecule has 2 N–H and O–H groups in total. The van der Waals surface area contributed by atoms with Crippen molar-refractivity contribution in [3.63, 3.8) is 0 Å². The molecule has 4 heterocycles. The van der Waals surface area contributed by atoms with Crippen molar-refractivity contribution in [3.05, 3.63) is 117 Å². The molecule has 0 radical (unpaired) electrons. The van der Waals surface area contributed by atoms with E-state index in [-0.39, 0.29) is 18.1 Å². The molecule has 4 aromatic rings. The molecule has 7 rings (SSSR count). The summed E-state index contributed by atoms with van der Waals surface area (Å²) >= 11 is 13.0. The van der Waals surface area contributed by atoms with Crippen molar-refractivity contribution in [3.8, 4) is 11.5 Å². The van der Waals surface area contributed by atoms with Gasteiger partial charge in [0, 0.05) is 24.2 Å². The van der Waals surface area contributed by atoms with E-state index in [1.54, 1.807) is 67.0 Å². The molecule has 256 valence electrons. The van der Waals surface area contributed by atoms with Crippen molar-refractivity contribution in [1.29, 1.82) is 0 Å². The van der Waals surface area contributed by atoms with Crippen LogP contribution in [-0.4, -0.2) is 56.8 Å². The number of aromatic nitrogens is 1. The average molecular weight is 710 g/mol. The van der Waals surface area contributed by atoms with Crippen molar-refractivity contribution < 1.29 is 37.9 Å². The molecule has 3 aliphatic heterocycles. The molecule has 12 heteroatoms. The molecular formula is C37H37Cl2FN3O6+. The summed E-state index contributed by atoms with van der Waals surface area (Å²) in [6.07, 6.45) is 4.33. The molecule has 9 nitrogen and oxygen atoms in total. The highest BCUT2D eigenvalue weighted by Gasteiger charge is 2.38. The molecule has 3 aromatic carbocycles. The molecule has 2 bridgehead atoms. The molecule has 0 saturated carbocycles. The summed E-state index contributed by atoms with van der Waals surface area (Å²) in [7, 11) is 3.06. The number of fused-ring (bicyclic) bond motifs is 3. The van der Waals surface area contributed by atoms with Crippen LogP contribution < -0.4 is 19.8 Å². The number of ether oxygens (including phenoxy) is 4. The number of hydrogen-bond acceptors (Lipinski definition) is 8. The summed E-state index contributed by atoms with van der Waals surface area (Å²) in [4.78, 5) is 32.7. The number of carbonyl (C=O) groups is 2. The second-order valence-corrected chi connectivity index (χ2v) is 13.0. The Morgan fingerprint density at radius 3 is 2.29 bits per heavy atom. The first-order chi connectivity index (χ1) is 23.7. The molecule has 49 heavy (non-hydrogen) atoms. The first-order valence-corrected chi connectivity index (χ1v) is 16.8. The monoisotopic (exact) mass is 708 g/mol. The van der Waals surface area contributed by atoms with Crippen LogP contribution in [-0.2, 0) is 20.7 Å². The van der Waals surface area contributed by atoms with Crippen LogP contribution in [0.4, 0.5) is 10.1 Å².